The van der Waals surface area contributed by atoms with Gasteiger partial charge < -0.3 is 0 Å². The zero-order valence-corrected chi connectivity index (χ0v) is 14.7. The van der Waals surface area contributed by atoms with Crippen LogP contribution in [0, 0.1) is 0 Å². The Labute approximate surface area is 154 Å². The van der Waals surface area contributed by atoms with Crippen LogP contribution in [0.25, 0.3) is 10.8 Å². The van der Waals surface area contributed by atoms with Crippen molar-refractivity contribution >= 4 is 10.8 Å². The number of rotatable bonds is 2. The molecule has 0 aromatic heterocycles. The van der Waals surface area contributed by atoms with E-state index in [9.17, 15) is 0 Å². The zero-order chi connectivity index (χ0) is 17.1. The van der Waals surface area contributed by atoms with Crippen molar-refractivity contribution in [2.75, 3.05) is 0 Å². The van der Waals surface area contributed by atoms with Crippen molar-refractivity contribution in [3.63, 3.8) is 0 Å². The van der Waals surface area contributed by atoms with E-state index in [4.69, 9.17) is 0 Å². The lowest BCUT2D eigenvalue weighted by Crippen LogP contribution is -2.06. The minimum atomic E-state index is 0.471. The lowest BCUT2D eigenvalue weighted by Gasteiger charge is -2.20. The van der Waals surface area contributed by atoms with Gasteiger partial charge in [0.2, 0.25) is 0 Å². The molecular weight excluding hydrogens is 312 g/mol. The molecule has 4 aromatic rings. The minimum Gasteiger partial charge on any atom is -0.0622 e. The summed E-state index contributed by atoms with van der Waals surface area (Å²) in [4.78, 5) is 0. The average Bonchev–Trinajstić information content (AvgIpc) is 2.96. The first-order valence-electron chi connectivity index (χ1n) is 9.57. The third-order valence-electron chi connectivity index (χ3n) is 6.34. The Bertz CT molecular complexity index is 1120. The van der Waals surface area contributed by atoms with Crippen LogP contribution in [0.15, 0.2) is 84.9 Å². The van der Waals surface area contributed by atoms with E-state index in [2.05, 4.69) is 84.9 Å². The summed E-state index contributed by atoms with van der Waals surface area (Å²) in [6.45, 7) is 0. The van der Waals surface area contributed by atoms with E-state index in [1.807, 2.05) is 0 Å². The Morgan fingerprint density at radius 2 is 1.23 bits per heavy atom. The largest absolute Gasteiger partial charge is 0.0622 e. The highest BCUT2D eigenvalue weighted by Gasteiger charge is 2.35. The molecule has 124 valence electrons. The summed E-state index contributed by atoms with van der Waals surface area (Å²) in [5.74, 6) is 0.970. The highest BCUT2D eigenvalue weighted by Crippen LogP contribution is 2.50. The monoisotopic (exact) mass is 332 g/mol. The van der Waals surface area contributed by atoms with Crippen LogP contribution in [0.4, 0.5) is 0 Å². The van der Waals surface area contributed by atoms with Crippen LogP contribution in [0.2, 0.25) is 0 Å². The molecule has 0 radical (unpaired) electrons. The van der Waals surface area contributed by atoms with Gasteiger partial charge in [0.25, 0.3) is 0 Å². The van der Waals surface area contributed by atoms with Crippen molar-refractivity contribution in [2.24, 2.45) is 0 Å². The van der Waals surface area contributed by atoms with Crippen molar-refractivity contribution in [1.82, 2.24) is 0 Å². The maximum Gasteiger partial charge on any atom is 0.0139 e. The predicted molar refractivity (Wildman–Crippen MR) is 108 cm³/mol. The van der Waals surface area contributed by atoms with Crippen molar-refractivity contribution in [2.45, 2.75) is 24.7 Å². The molecule has 2 aliphatic rings. The summed E-state index contributed by atoms with van der Waals surface area (Å²) < 4.78 is 0. The molecule has 0 amide bonds. The first kappa shape index (κ1) is 14.3. The third kappa shape index (κ3) is 1.96. The van der Waals surface area contributed by atoms with Gasteiger partial charge in [-0.3, -0.25) is 0 Å². The van der Waals surface area contributed by atoms with Crippen LogP contribution in [-0.4, -0.2) is 0 Å². The first-order valence-corrected chi connectivity index (χ1v) is 9.57. The molecular formula is C26H20. The van der Waals surface area contributed by atoms with Gasteiger partial charge in [-0.05, 0) is 57.0 Å². The SMILES string of the molecule is c1ccc(C2Cc3ccc4cc5c2c(c4c3)C(c2ccccc2)C5)cc1. The molecule has 0 N–H and O–H groups in total. The normalized spacial score (nSPS) is 20.0. The minimum absolute atomic E-state index is 0.471. The molecule has 4 aromatic carbocycles. The fourth-order valence-corrected chi connectivity index (χ4v) is 5.23. The smallest absolute Gasteiger partial charge is 0.0139 e. The van der Waals surface area contributed by atoms with Gasteiger partial charge >= 0.3 is 0 Å². The second kappa shape index (κ2) is 5.32. The summed E-state index contributed by atoms with van der Waals surface area (Å²) in [6.07, 6.45) is 2.25. The van der Waals surface area contributed by atoms with Gasteiger partial charge in [0, 0.05) is 11.8 Å². The van der Waals surface area contributed by atoms with E-state index >= 15 is 0 Å². The lowest BCUT2D eigenvalue weighted by molar-refractivity contribution is 0.806. The molecule has 6 rings (SSSR count). The van der Waals surface area contributed by atoms with Crippen LogP contribution in [0.1, 0.15) is 45.2 Å². The van der Waals surface area contributed by atoms with Crippen LogP contribution < -0.4 is 0 Å². The Morgan fingerprint density at radius 3 is 1.92 bits per heavy atom. The average molecular weight is 332 g/mol. The molecule has 0 spiro atoms. The predicted octanol–water partition coefficient (Wildman–Crippen LogP) is 6.22. The van der Waals surface area contributed by atoms with E-state index in [0.29, 0.717) is 11.8 Å². The van der Waals surface area contributed by atoms with E-state index in [1.54, 1.807) is 16.7 Å². The molecule has 0 saturated heterocycles. The van der Waals surface area contributed by atoms with E-state index in [-0.39, 0.29) is 0 Å². The van der Waals surface area contributed by atoms with Gasteiger partial charge in [-0.1, -0.05) is 84.9 Å². The summed E-state index contributed by atoms with van der Waals surface area (Å²) in [5.41, 5.74) is 9.13. The number of hydrogen-bond acceptors (Lipinski definition) is 0. The Balaban J connectivity index is 1.66. The topological polar surface area (TPSA) is 0 Å². The Morgan fingerprint density at radius 1 is 0.577 bits per heavy atom. The zero-order valence-electron chi connectivity index (χ0n) is 14.7. The standard InChI is InChI=1S/C26H20/c1-3-7-18(8-4-1)22-13-17-11-12-20-15-21-16-24(19-9-5-2-6-10-19)26(25(21)22)23(20)14-17/h1-12,14-15,22,24H,13,16H2. The van der Waals surface area contributed by atoms with Crippen molar-refractivity contribution in [1.29, 1.82) is 0 Å². The van der Waals surface area contributed by atoms with Crippen LogP contribution >= 0.6 is 0 Å². The molecule has 0 fully saturated rings. The van der Waals surface area contributed by atoms with Gasteiger partial charge in [0.05, 0.1) is 0 Å². The quantitative estimate of drug-likeness (QED) is 0.409. The summed E-state index contributed by atoms with van der Waals surface area (Å²) in [5, 5.41) is 2.89. The summed E-state index contributed by atoms with van der Waals surface area (Å²) in [7, 11) is 0. The molecule has 0 nitrogen and oxygen atoms in total. The Kier molecular flexibility index (Phi) is 2.93. The molecule has 5 bridgehead atoms. The van der Waals surface area contributed by atoms with Gasteiger partial charge in [0.15, 0.2) is 0 Å². The molecule has 2 atom stereocenters. The van der Waals surface area contributed by atoms with E-state index in [1.165, 1.54) is 27.5 Å². The third-order valence-corrected chi connectivity index (χ3v) is 6.34. The highest BCUT2D eigenvalue weighted by molar-refractivity contribution is 5.92. The van der Waals surface area contributed by atoms with Crippen LogP contribution in [0.3, 0.4) is 0 Å². The second-order valence-corrected chi connectivity index (χ2v) is 7.75. The van der Waals surface area contributed by atoms with Crippen molar-refractivity contribution < 1.29 is 0 Å². The van der Waals surface area contributed by atoms with Gasteiger partial charge in [-0.2, -0.15) is 0 Å². The molecule has 0 heterocycles. The molecule has 2 unspecified atom stereocenters. The van der Waals surface area contributed by atoms with Gasteiger partial charge in [-0.25, -0.2) is 0 Å². The highest BCUT2D eigenvalue weighted by atomic mass is 14.4. The maximum absolute atomic E-state index is 2.46. The van der Waals surface area contributed by atoms with Crippen molar-refractivity contribution in [3.8, 4) is 0 Å². The molecule has 0 saturated carbocycles. The molecule has 0 aliphatic heterocycles. The molecule has 26 heavy (non-hydrogen) atoms. The van der Waals surface area contributed by atoms with Crippen LogP contribution in [0.5, 0.6) is 0 Å². The summed E-state index contributed by atoms with van der Waals surface area (Å²) in [6, 6.07) is 31.8. The Hall–Kier alpha value is -2.86. The molecule has 0 heteroatoms. The van der Waals surface area contributed by atoms with E-state index < -0.39 is 0 Å². The second-order valence-electron chi connectivity index (χ2n) is 7.75. The lowest BCUT2D eigenvalue weighted by atomic mass is 9.84. The van der Waals surface area contributed by atoms with Gasteiger partial charge in [-0.15, -0.1) is 0 Å². The van der Waals surface area contributed by atoms with Crippen LogP contribution in [-0.2, 0) is 12.8 Å². The first-order chi connectivity index (χ1) is 12.9. The van der Waals surface area contributed by atoms with Crippen molar-refractivity contribution in [3.05, 3.63) is 118 Å². The summed E-state index contributed by atoms with van der Waals surface area (Å²) >= 11 is 0. The number of benzene rings is 4. The van der Waals surface area contributed by atoms with E-state index in [0.717, 1.165) is 12.8 Å². The molecule has 2 aliphatic carbocycles. The number of fused-ring (bicyclic) bond motifs is 1. The fourth-order valence-electron chi connectivity index (χ4n) is 5.23. The maximum atomic E-state index is 2.46. The number of hydrogen-bond donors (Lipinski definition) is 0. The van der Waals surface area contributed by atoms with Gasteiger partial charge in [0.1, 0.15) is 0 Å². The fraction of sp³-hybridized carbons (Fsp3) is 0.154.